The maximum atomic E-state index is 13.0. The van der Waals surface area contributed by atoms with Crippen molar-refractivity contribution in [2.75, 3.05) is 47.1 Å². The molecule has 2 rings (SSSR count). The number of aliphatic hydroxyl groups excluding tert-OH is 1. The Balaban J connectivity index is 2.52. The Morgan fingerprint density at radius 1 is 1.39 bits per heavy atom. The molecule has 2 heterocycles. The number of hydrogen-bond acceptors (Lipinski definition) is 7. The van der Waals surface area contributed by atoms with E-state index in [9.17, 15) is 14.7 Å². The van der Waals surface area contributed by atoms with Crippen LogP contribution in [-0.4, -0.2) is 67.5 Å². The number of likely N-dealkylation sites (N-methyl/N-ethyl adjacent to an activating group) is 1. The molecule has 9 heteroatoms. The maximum absolute atomic E-state index is 13.0. The molecule has 0 aliphatic heterocycles. The van der Waals surface area contributed by atoms with Gasteiger partial charge in [0.05, 0.1) is 36.6 Å². The highest BCUT2D eigenvalue weighted by Gasteiger charge is 2.21. The van der Waals surface area contributed by atoms with Crippen molar-refractivity contribution in [2.45, 2.75) is 20.1 Å². The van der Waals surface area contributed by atoms with Gasteiger partial charge in [-0.15, -0.1) is 11.3 Å². The molecule has 0 bridgehead atoms. The second kappa shape index (κ2) is 10.7. The van der Waals surface area contributed by atoms with Crippen molar-refractivity contribution in [1.29, 1.82) is 0 Å². The van der Waals surface area contributed by atoms with E-state index >= 15 is 0 Å². The van der Waals surface area contributed by atoms with Crippen LogP contribution in [0.2, 0.25) is 0 Å². The molecule has 8 nitrogen and oxygen atoms in total. The van der Waals surface area contributed by atoms with Crippen LogP contribution in [0.1, 0.15) is 27.7 Å². The third-order valence-electron chi connectivity index (χ3n) is 4.34. The number of hydrogen-bond donors (Lipinski definition) is 2. The molecule has 156 valence electrons. The zero-order valence-electron chi connectivity index (χ0n) is 16.9. The fourth-order valence-electron chi connectivity index (χ4n) is 2.97. The molecule has 2 N–H and O–H groups in total. The Kier molecular flexibility index (Phi) is 8.58. The van der Waals surface area contributed by atoms with E-state index in [1.54, 1.807) is 13.3 Å². The summed E-state index contributed by atoms with van der Waals surface area (Å²) in [5.41, 5.74) is 1.59. The first-order chi connectivity index (χ1) is 13.4. The molecule has 0 radical (unpaired) electrons. The summed E-state index contributed by atoms with van der Waals surface area (Å²) in [5.74, 6) is -0.366. The number of carbonyl (C=O) groups is 1. The number of methoxy groups -OCH3 is 1. The highest BCUT2D eigenvalue weighted by atomic mass is 32.1. The van der Waals surface area contributed by atoms with Crippen LogP contribution in [0.25, 0.3) is 10.2 Å². The molecule has 0 saturated carbocycles. The second-order valence-electron chi connectivity index (χ2n) is 6.53. The molecular formula is C19H29N3O5S. The SMILES string of the molecule is CCNC(=O)c1cn(C)c2c(COCCOC)c(CN(C)CCO)sc2c1=O. The Morgan fingerprint density at radius 3 is 2.79 bits per heavy atom. The lowest BCUT2D eigenvalue weighted by molar-refractivity contribution is 0.0616. The maximum Gasteiger partial charge on any atom is 0.256 e. The Morgan fingerprint density at radius 2 is 2.14 bits per heavy atom. The lowest BCUT2D eigenvalue weighted by Crippen LogP contribution is -2.29. The van der Waals surface area contributed by atoms with E-state index in [0.29, 0.717) is 44.2 Å². The Bertz CT molecular complexity index is 861. The molecule has 0 fully saturated rings. The van der Waals surface area contributed by atoms with Gasteiger partial charge in [-0.2, -0.15) is 0 Å². The lowest BCUT2D eigenvalue weighted by atomic mass is 10.1. The molecule has 0 saturated heterocycles. The summed E-state index contributed by atoms with van der Waals surface area (Å²) in [6.45, 7) is 4.73. The van der Waals surface area contributed by atoms with Crippen LogP contribution in [0.3, 0.4) is 0 Å². The molecule has 1 amide bonds. The number of thiophene rings is 1. The van der Waals surface area contributed by atoms with E-state index in [-0.39, 0.29) is 23.5 Å². The summed E-state index contributed by atoms with van der Waals surface area (Å²) in [4.78, 5) is 28.2. The van der Waals surface area contributed by atoms with Crippen molar-refractivity contribution in [3.05, 3.63) is 32.4 Å². The number of rotatable bonds is 11. The summed E-state index contributed by atoms with van der Waals surface area (Å²) in [5, 5.41) is 11.9. The largest absolute Gasteiger partial charge is 0.395 e. The van der Waals surface area contributed by atoms with E-state index in [0.717, 1.165) is 16.0 Å². The molecule has 2 aromatic rings. The highest BCUT2D eigenvalue weighted by Crippen LogP contribution is 2.31. The van der Waals surface area contributed by atoms with Crippen molar-refractivity contribution in [3.8, 4) is 0 Å². The molecule has 2 aromatic heterocycles. The van der Waals surface area contributed by atoms with E-state index in [2.05, 4.69) is 5.32 Å². The number of fused-ring (bicyclic) bond motifs is 1. The molecule has 0 atom stereocenters. The monoisotopic (exact) mass is 411 g/mol. The fourth-order valence-corrected chi connectivity index (χ4v) is 4.35. The standard InChI is InChI=1S/C19H29N3O5S/c1-5-20-19(25)13-10-22(3)16-14(12-27-9-8-26-4)15(11-21(2)6-7-23)28-18(16)17(13)24/h10,23H,5-9,11-12H2,1-4H3,(H,20,25). The smallest absolute Gasteiger partial charge is 0.256 e. The summed E-state index contributed by atoms with van der Waals surface area (Å²) in [6, 6.07) is 0. The summed E-state index contributed by atoms with van der Waals surface area (Å²) in [7, 11) is 5.36. The van der Waals surface area contributed by atoms with Crippen LogP contribution in [0.15, 0.2) is 11.0 Å². The minimum absolute atomic E-state index is 0.0585. The first-order valence-electron chi connectivity index (χ1n) is 9.22. The number of aryl methyl sites for hydroxylation is 1. The zero-order chi connectivity index (χ0) is 20.7. The van der Waals surface area contributed by atoms with Crippen LogP contribution in [0.5, 0.6) is 0 Å². The van der Waals surface area contributed by atoms with Gasteiger partial charge in [0.2, 0.25) is 5.43 Å². The van der Waals surface area contributed by atoms with Crippen molar-refractivity contribution in [1.82, 2.24) is 14.8 Å². The van der Waals surface area contributed by atoms with Gasteiger partial charge in [-0.25, -0.2) is 0 Å². The number of aliphatic hydroxyl groups is 1. The van der Waals surface area contributed by atoms with Crippen LogP contribution in [0, 0.1) is 0 Å². The normalized spacial score (nSPS) is 11.5. The second-order valence-corrected chi connectivity index (χ2v) is 7.64. The molecule has 0 aliphatic rings. The van der Waals surface area contributed by atoms with Gasteiger partial charge in [0.25, 0.3) is 5.91 Å². The summed E-state index contributed by atoms with van der Waals surface area (Å²) in [6.07, 6.45) is 1.59. The van der Waals surface area contributed by atoms with Gasteiger partial charge in [-0.3, -0.25) is 14.5 Å². The van der Waals surface area contributed by atoms with Crippen molar-refractivity contribution < 1.29 is 19.4 Å². The van der Waals surface area contributed by atoms with Crippen LogP contribution >= 0.6 is 11.3 Å². The highest BCUT2D eigenvalue weighted by molar-refractivity contribution is 7.19. The number of carbonyl (C=O) groups excluding carboxylic acids is 1. The van der Waals surface area contributed by atoms with Gasteiger partial charge in [-0.1, -0.05) is 0 Å². The molecule has 0 aromatic carbocycles. The third-order valence-corrected chi connectivity index (χ3v) is 5.55. The number of pyridine rings is 1. The zero-order valence-corrected chi connectivity index (χ0v) is 17.7. The van der Waals surface area contributed by atoms with Crippen molar-refractivity contribution in [2.24, 2.45) is 7.05 Å². The first-order valence-corrected chi connectivity index (χ1v) is 10.0. The molecule has 28 heavy (non-hydrogen) atoms. The van der Waals surface area contributed by atoms with Crippen molar-refractivity contribution in [3.63, 3.8) is 0 Å². The van der Waals surface area contributed by atoms with E-state index < -0.39 is 0 Å². The number of nitrogens with one attached hydrogen (secondary N) is 1. The molecule has 0 aliphatic carbocycles. The Labute approximate surface area is 168 Å². The van der Waals surface area contributed by atoms with Gasteiger partial charge >= 0.3 is 0 Å². The number of nitrogens with zero attached hydrogens (tertiary/aromatic N) is 2. The first kappa shape index (κ1) is 22.5. The van der Waals surface area contributed by atoms with E-state index in [4.69, 9.17) is 9.47 Å². The fraction of sp³-hybridized carbons (Fsp3) is 0.579. The average Bonchev–Trinajstić information content (AvgIpc) is 3.01. The van der Waals surface area contributed by atoms with Gasteiger partial charge in [-0.05, 0) is 14.0 Å². The summed E-state index contributed by atoms with van der Waals surface area (Å²) >= 11 is 1.38. The van der Waals surface area contributed by atoms with Gasteiger partial charge in [0.15, 0.2) is 0 Å². The van der Waals surface area contributed by atoms with E-state index in [1.165, 1.54) is 11.3 Å². The lowest BCUT2D eigenvalue weighted by Gasteiger charge is -2.15. The number of ether oxygens (including phenoxy) is 2. The third kappa shape index (κ3) is 5.18. The van der Waals surface area contributed by atoms with Gasteiger partial charge in [0, 0.05) is 50.4 Å². The predicted octanol–water partition coefficient (Wildman–Crippen LogP) is 0.937. The predicted molar refractivity (Wildman–Crippen MR) is 110 cm³/mol. The minimum atomic E-state index is -0.366. The van der Waals surface area contributed by atoms with Crippen molar-refractivity contribution >= 4 is 27.5 Å². The van der Waals surface area contributed by atoms with Gasteiger partial charge < -0.3 is 24.5 Å². The minimum Gasteiger partial charge on any atom is -0.395 e. The van der Waals surface area contributed by atoms with Crippen LogP contribution in [-0.2, 0) is 29.7 Å². The summed E-state index contributed by atoms with van der Waals surface area (Å²) < 4.78 is 13.1. The van der Waals surface area contributed by atoms with Crippen LogP contribution < -0.4 is 10.7 Å². The average molecular weight is 412 g/mol. The quantitative estimate of drug-likeness (QED) is 0.535. The van der Waals surface area contributed by atoms with Crippen LogP contribution in [0.4, 0.5) is 0 Å². The molecular weight excluding hydrogens is 382 g/mol. The molecule has 0 spiro atoms. The number of amides is 1. The topological polar surface area (TPSA) is 93.0 Å². The Hall–Kier alpha value is -1.78. The number of aromatic nitrogens is 1. The van der Waals surface area contributed by atoms with Gasteiger partial charge in [0.1, 0.15) is 5.56 Å². The van der Waals surface area contributed by atoms with E-state index in [1.807, 2.05) is 30.5 Å². The molecule has 0 unspecified atom stereocenters.